The first-order valence-corrected chi connectivity index (χ1v) is 12.1. The molecule has 1 aliphatic heterocycles. The lowest BCUT2D eigenvalue weighted by atomic mass is 10.1. The van der Waals surface area contributed by atoms with Crippen molar-refractivity contribution in [2.24, 2.45) is 0 Å². The van der Waals surface area contributed by atoms with Crippen molar-refractivity contribution in [2.45, 2.75) is 4.90 Å². The van der Waals surface area contributed by atoms with Gasteiger partial charge in [-0.1, -0.05) is 41.9 Å². The monoisotopic (exact) mass is 441 g/mol. The van der Waals surface area contributed by atoms with E-state index in [2.05, 4.69) is 40.7 Å². The van der Waals surface area contributed by atoms with Crippen molar-refractivity contribution in [2.75, 3.05) is 37.0 Å². The maximum Gasteiger partial charge on any atom is 0.189 e. The van der Waals surface area contributed by atoms with E-state index in [1.165, 1.54) is 5.69 Å². The van der Waals surface area contributed by atoms with Gasteiger partial charge in [0.2, 0.25) is 0 Å². The third-order valence-corrected chi connectivity index (χ3v) is 6.59. The summed E-state index contributed by atoms with van der Waals surface area (Å²) in [6.07, 6.45) is 0. The van der Waals surface area contributed by atoms with Crippen molar-refractivity contribution in [3.05, 3.63) is 95.6 Å². The number of rotatable bonds is 3. The molecule has 1 aliphatic rings. The minimum Gasteiger partial charge on any atom is -0.378 e. The number of sulfone groups is 1. The van der Waals surface area contributed by atoms with Crippen LogP contribution in [0.3, 0.4) is 0 Å². The Hall–Kier alpha value is -3.51. The van der Waals surface area contributed by atoms with Crippen LogP contribution in [0, 0.1) is 23.7 Å². The molecule has 3 aromatic rings. The molecule has 3 aromatic carbocycles. The first-order valence-electron chi connectivity index (χ1n) is 10.4. The Morgan fingerprint density at radius 1 is 0.719 bits per heavy atom. The Kier molecular flexibility index (Phi) is 6.92. The fourth-order valence-corrected chi connectivity index (χ4v) is 4.30. The fraction of sp³-hybridized carbons (Fsp3) is 0.185. The molecule has 0 atom stereocenters. The van der Waals surface area contributed by atoms with E-state index in [9.17, 15) is 8.42 Å². The molecule has 0 bridgehead atoms. The summed E-state index contributed by atoms with van der Waals surface area (Å²) in [5, 5.41) is 0. The van der Waals surface area contributed by atoms with Gasteiger partial charge in [-0.15, -0.1) is 0 Å². The summed E-state index contributed by atoms with van der Waals surface area (Å²) >= 11 is 0. The molecule has 1 fully saturated rings. The van der Waals surface area contributed by atoms with Crippen LogP contribution in [-0.4, -0.2) is 40.5 Å². The lowest BCUT2D eigenvalue weighted by Crippen LogP contribution is -2.36. The first kappa shape index (κ1) is 21.7. The van der Waals surface area contributed by atoms with Gasteiger partial charge in [-0.3, -0.25) is 0 Å². The highest BCUT2D eigenvalue weighted by molar-refractivity contribution is 7.91. The van der Waals surface area contributed by atoms with Gasteiger partial charge in [-0.2, -0.15) is 0 Å². The Balaban J connectivity index is 1.37. The number of hydrogen-bond acceptors (Lipinski definition) is 4. The predicted molar refractivity (Wildman–Crippen MR) is 127 cm³/mol. The Bertz CT molecular complexity index is 1270. The first-order chi connectivity index (χ1) is 15.6. The maximum atomic E-state index is 12.3. The average molecular weight is 442 g/mol. The summed E-state index contributed by atoms with van der Waals surface area (Å²) in [5.74, 6) is 11.8. The van der Waals surface area contributed by atoms with Crippen LogP contribution in [0.15, 0.2) is 83.8 Å². The second-order valence-electron chi connectivity index (χ2n) is 7.35. The second-order valence-corrected chi connectivity index (χ2v) is 9.34. The van der Waals surface area contributed by atoms with Gasteiger partial charge in [0.15, 0.2) is 9.84 Å². The van der Waals surface area contributed by atoms with E-state index < -0.39 is 9.84 Å². The van der Waals surface area contributed by atoms with Crippen LogP contribution in [0.1, 0.15) is 16.7 Å². The molecule has 4 rings (SSSR count). The van der Waals surface area contributed by atoms with E-state index in [1.54, 1.807) is 30.3 Å². The third kappa shape index (κ3) is 5.80. The van der Waals surface area contributed by atoms with Crippen molar-refractivity contribution in [1.82, 2.24) is 0 Å². The van der Waals surface area contributed by atoms with Crippen molar-refractivity contribution in [3.63, 3.8) is 0 Å². The smallest absolute Gasteiger partial charge is 0.189 e. The predicted octanol–water partition coefficient (Wildman–Crippen LogP) is 3.75. The Morgan fingerprint density at radius 2 is 1.25 bits per heavy atom. The minimum atomic E-state index is -3.39. The van der Waals surface area contributed by atoms with E-state index in [4.69, 9.17) is 4.74 Å². The number of anilines is 1. The van der Waals surface area contributed by atoms with Crippen molar-refractivity contribution >= 4 is 15.5 Å². The quantitative estimate of drug-likeness (QED) is 0.581. The zero-order chi connectivity index (χ0) is 22.2. The largest absolute Gasteiger partial charge is 0.378 e. The van der Waals surface area contributed by atoms with Crippen molar-refractivity contribution in [1.29, 1.82) is 0 Å². The van der Waals surface area contributed by atoms with Crippen LogP contribution in [0.25, 0.3) is 0 Å². The SMILES string of the molecule is O=S(=O)(CC#Cc1ccc(C#Cc2ccc(N3CCOCC3)cc2)cc1)c1ccccc1. The normalized spacial score (nSPS) is 13.4. The number of ether oxygens (including phenoxy) is 1. The van der Waals surface area contributed by atoms with E-state index in [-0.39, 0.29) is 10.6 Å². The fourth-order valence-electron chi connectivity index (χ4n) is 3.30. The Morgan fingerprint density at radius 3 is 1.84 bits per heavy atom. The molecule has 0 radical (unpaired) electrons. The summed E-state index contributed by atoms with van der Waals surface area (Å²) in [6.45, 7) is 3.37. The minimum absolute atomic E-state index is 0.209. The third-order valence-electron chi connectivity index (χ3n) is 5.08. The van der Waals surface area contributed by atoms with Gasteiger partial charge < -0.3 is 9.64 Å². The molecule has 0 aromatic heterocycles. The summed E-state index contributed by atoms with van der Waals surface area (Å²) < 4.78 is 30.0. The van der Waals surface area contributed by atoms with Gasteiger partial charge in [0.1, 0.15) is 5.75 Å². The van der Waals surface area contributed by atoms with Gasteiger partial charge in [-0.25, -0.2) is 8.42 Å². The standard InChI is InChI=1S/C27H23NO3S/c29-32(30,27-6-2-1-3-7-27)22-4-5-23-8-10-24(11-9-23)12-13-25-14-16-26(17-15-25)28-18-20-31-21-19-28/h1-3,6-11,14-17H,18-22H2. The van der Waals surface area contributed by atoms with E-state index >= 15 is 0 Å². The van der Waals surface area contributed by atoms with Gasteiger partial charge in [0.25, 0.3) is 0 Å². The molecule has 1 heterocycles. The number of morpholine rings is 1. The molecule has 1 saturated heterocycles. The van der Waals surface area contributed by atoms with Crippen LogP contribution >= 0.6 is 0 Å². The molecule has 0 unspecified atom stereocenters. The van der Waals surface area contributed by atoms with Crippen LogP contribution in [-0.2, 0) is 14.6 Å². The Labute approximate surface area is 189 Å². The van der Waals surface area contributed by atoms with Crippen LogP contribution in [0.2, 0.25) is 0 Å². The van der Waals surface area contributed by atoms with Gasteiger partial charge in [0.05, 0.1) is 18.1 Å². The van der Waals surface area contributed by atoms with E-state index in [0.717, 1.165) is 43.0 Å². The molecule has 0 amide bonds. The summed E-state index contributed by atoms with van der Waals surface area (Å²) in [5.41, 5.74) is 3.78. The molecule has 0 saturated carbocycles. The van der Waals surface area contributed by atoms with Crippen molar-refractivity contribution < 1.29 is 13.2 Å². The highest BCUT2D eigenvalue weighted by Crippen LogP contribution is 2.16. The zero-order valence-corrected chi connectivity index (χ0v) is 18.4. The molecular weight excluding hydrogens is 418 g/mol. The van der Waals surface area contributed by atoms with Crippen LogP contribution in [0.4, 0.5) is 5.69 Å². The molecule has 4 nitrogen and oxygen atoms in total. The van der Waals surface area contributed by atoms with Gasteiger partial charge >= 0.3 is 0 Å². The van der Waals surface area contributed by atoms with E-state index in [0.29, 0.717) is 0 Å². The molecule has 0 spiro atoms. The molecule has 5 heteroatoms. The number of nitrogens with zero attached hydrogens (tertiary/aromatic N) is 1. The van der Waals surface area contributed by atoms with E-state index in [1.807, 2.05) is 36.4 Å². The zero-order valence-electron chi connectivity index (χ0n) is 17.6. The molecule has 0 N–H and O–H groups in total. The maximum absolute atomic E-state index is 12.3. The molecule has 32 heavy (non-hydrogen) atoms. The number of benzene rings is 3. The lowest BCUT2D eigenvalue weighted by molar-refractivity contribution is 0.122. The summed E-state index contributed by atoms with van der Waals surface area (Å²) in [7, 11) is -3.39. The van der Waals surface area contributed by atoms with Crippen LogP contribution < -0.4 is 4.90 Å². The lowest BCUT2D eigenvalue weighted by Gasteiger charge is -2.28. The van der Waals surface area contributed by atoms with Crippen LogP contribution in [0.5, 0.6) is 0 Å². The highest BCUT2D eigenvalue weighted by Gasteiger charge is 2.11. The topological polar surface area (TPSA) is 46.6 Å². The average Bonchev–Trinajstić information content (AvgIpc) is 2.85. The molecular formula is C27H23NO3S. The number of hydrogen-bond donors (Lipinski definition) is 0. The van der Waals surface area contributed by atoms with Crippen molar-refractivity contribution in [3.8, 4) is 23.7 Å². The van der Waals surface area contributed by atoms with Gasteiger partial charge in [0, 0.05) is 35.5 Å². The summed E-state index contributed by atoms with van der Waals surface area (Å²) in [4.78, 5) is 2.60. The molecule has 160 valence electrons. The van der Waals surface area contributed by atoms with Gasteiger partial charge in [-0.05, 0) is 60.7 Å². The summed E-state index contributed by atoms with van der Waals surface area (Å²) in [6, 6.07) is 24.1. The molecule has 0 aliphatic carbocycles. The second kappa shape index (κ2) is 10.2. The highest BCUT2D eigenvalue weighted by atomic mass is 32.2.